The minimum Gasteiger partial charge on any atom is -0.444 e. The highest BCUT2D eigenvalue weighted by molar-refractivity contribution is 5.69. The van der Waals surface area contributed by atoms with E-state index in [2.05, 4.69) is 16.8 Å². The quantitative estimate of drug-likeness (QED) is 0.775. The number of ether oxygens (including phenoxy) is 1. The molecule has 1 saturated heterocycles. The number of amides is 1. The lowest BCUT2D eigenvalue weighted by Gasteiger charge is -2.41. The summed E-state index contributed by atoms with van der Waals surface area (Å²) in [5, 5.41) is 0. The summed E-state index contributed by atoms with van der Waals surface area (Å²) < 4.78 is 5.67. The summed E-state index contributed by atoms with van der Waals surface area (Å²) in [5.41, 5.74) is -0.416. The molecule has 2 aliphatic rings. The molecule has 0 radical (unpaired) electrons. The van der Waals surface area contributed by atoms with Crippen LogP contribution in [0.4, 0.5) is 4.79 Å². The van der Waals surface area contributed by atoms with Gasteiger partial charge in [0, 0.05) is 6.04 Å². The van der Waals surface area contributed by atoms with E-state index in [9.17, 15) is 4.79 Å². The van der Waals surface area contributed by atoms with Crippen LogP contribution in [0.1, 0.15) is 65.7 Å². The Morgan fingerprint density at radius 2 is 1.75 bits per heavy atom. The van der Waals surface area contributed by atoms with Crippen LogP contribution in [0.5, 0.6) is 0 Å². The first-order valence-corrected chi connectivity index (χ1v) is 8.10. The molecule has 1 unspecified atom stereocenters. The topological polar surface area (TPSA) is 32.8 Å². The summed E-state index contributed by atoms with van der Waals surface area (Å²) >= 11 is 0. The second kappa shape index (κ2) is 6.33. The number of likely N-dealkylation sites (tertiary alicyclic amines) is 1. The van der Waals surface area contributed by atoms with Crippen molar-refractivity contribution < 1.29 is 9.53 Å². The van der Waals surface area contributed by atoms with Gasteiger partial charge < -0.3 is 4.74 Å². The van der Waals surface area contributed by atoms with Gasteiger partial charge >= 0.3 is 6.09 Å². The number of rotatable bonds is 2. The van der Waals surface area contributed by atoms with Crippen molar-refractivity contribution in [1.29, 1.82) is 0 Å². The van der Waals surface area contributed by atoms with Crippen molar-refractivity contribution in [3.63, 3.8) is 0 Å². The molecule has 0 aromatic heterocycles. The normalized spacial score (nSPS) is 25.7. The smallest absolute Gasteiger partial charge is 0.411 e. The Labute approximate surface area is 123 Å². The van der Waals surface area contributed by atoms with E-state index >= 15 is 0 Å². The third-order valence-electron chi connectivity index (χ3n) is 4.38. The summed E-state index contributed by atoms with van der Waals surface area (Å²) in [7, 11) is 2.12. The first kappa shape index (κ1) is 15.6. The van der Waals surface area contributed by atoms with Crippen molar-refractivity contribution in [1.82, 2.24) is 9.80 Å². The molecule has 2 fully saturated rings. The van der Waals surface area contributed by atoms with Crippen molar-refractivity contribution in [2.45, 2.75) is 83.5 Å². The number of hydrogen-bond donors (Lipinski definition) is 0. The Morgan fingerprint density at radius 1 is 1.10 bits per heavy atom. The zero-order valence-electron chi connectivity index (χ0n) is 13.5. The van der Waals surface area contributed by atoms with Crippen molar-refractivity contribution in [3.05, 3.63) is 0 Å². The Kier molecular flexibility index (Phi) is 4.95. The van der Waals surface area contributed by atoms with Gasteiger partial charge in [-0.05, 0) is 60.0 Å². The maximum absolute atomic E-state index is 12.7. The highest BCUT2D eigenvalue weighted by Gasteiger charge is 2.38. The molecule has 4 heteroatoms. The van der Waals surface area contributed by atoms with E-state index in [4.69, 9.17) is 4.74 Å². The van der Waals surface area contributed by atoms with Gasteiger partial charge in [-0.25, -0.2) is 4.79 Å². The number of nitrogens with zero attached hydrogens (tertiary/aromatic N) is 2. The molecular formula is C16H30N2O2. The number of hydrogen-bond acceptors (Lipinski definition) is 3. The maximum Gasteiger partial charge on any atom is 0.411 e. The SMILES string of the molecule is CN1CCCC1N(C(=O)OC(C)(C)C)C1CCCCC1. The highest BCUT2D eigenvalue weighted by Crippen LogP contribution is 2.30. The van der Waals surface area contributed by atoms with Crippen molar-refractivity contribution >= 4 is 6.09 Å². The van der Waals surface area contributed by atoms with Gasteiger partial charge in [0.2, 0.25) is 0 Å². The summed E-state index contributed by atoms with van der Waals surface area (Å²) in [6.45, 7) is 6.92. The molecule has 0 aromatic carbocycles. The predicted octanol–water partition coefficient (Wildman–Crippen LogP) is 3.61. The minimum atomic E-state index is -0.416. The Morgan fingerprint density at radius 3 is 2.25 bits per heavy atom. The lowest BCUT2D eigenvalue weighted by molar-refractivity contribution is -0.0190. The zero-order chi connectivity index (χ0) is 14.8. The lowest BCUT2D eigenvalue weighted by atomic mass is 9.94. The van der Waals surface area contributed by atoms with Crippen LogP contribution in [-0.4, -0.2) is 47.3 Å². The average Bonchev–Trinajstić information content (AvgIpc) is 2.75. The fourth-order valence-electron chi connectivity index (χ4n) is 3.43. The zero-order valence-corrected chi connectivity index (χ0v) is 13.5. The number of carbonyl (C=O) groups is 1. The van der Waals surface area contributed by atoms with Crippen molar-refractivity contribution in [3.8, 4) is 0 Å². The van der Waals surface area contributed by atoms with Crippen molar-refractivity contribution in [2.75, 3.05) is 13.6 Å². The van der Waals surface area contributed by atoms with Crippen molar-refractivity contribution in [2.24, 2.45) is 0 Å². The second-order valence-corrected chi connectivity index (χ2v) is 7.28. The highest BCUT2D eigenvalue weighted by atomic mass is 16.6. The maximum atomic E-state index is 12.7. The van der Waals surface area contributed by atoms with E-state index in [0.717, 1.165) is 25.8 Å². The van der Waals surface area contributed by atoms with Gasteiger partial charge in [0.05, 0.1) is 6.17 Å². The predicted molar refractivity (Wildman–Crippen MR) is 80.6 cm³/mol. The Hall–Kier alpha value is -0.770. The van der Waals surface area contributed by atoms with E-state index in [0.29, 0.717) is 6.04 Å². The molecule has 1 saturated carbocycles. The third-order valence-corrected chi connectivity index (χ3v) is 4.38. The monoisotopic (exact) mass is 282 g/mol. The molecule has 0 N–H and O–H groups in total. The van der Waals surface area contributed by atoms with E-state index in [1.54, 1.807) is 0 Å². The third kappa shape index (κ3) is 3.87. The van der Waals surface area contributed by atoms with Gasteiger partial charge in [-0.1, -0.05) is 19.3 Å². The molecule has 116 valence electrons. The summed E-state index contributed by atoms with van der Waals surface area (Å²) in [6.07, 6.45) is 8.39. The van der Waals surface area contributed by atoms with Crippen LogP contribution in [0.2, 0.25) is 0 Å². The first-order chi connectivity index (χ1) is 9.38. The van der Waals surface area contributed by atoms with Crippen LogP contribution >= 0.6 is 0 Å². The molecule has 1 atom stereocenters. The van der Waals surface area contributed by atoms with Gasteiger partial charge in [-0.2, -0.15) is 0 Å². The molecule has 0 spiro atoms. The van der Waals surface area contributed by atoms with Crippen LogP contribution in [-0.2, 0) is 4.74 Å². The van der Waals surface area contributed by atoms with Crippen LogP contribution < -0.4 is 0 Å². The molecule has 2 rings (SSSR count). The molecule has 0 aromatic rings. The van der Waals surface area contributed by atoms with E-state index in [1.165, 1.54) is 25.7 Å². The molecule has 4 nitrogen and oxygen atoms in total. The van der Waals surface area contributed by atoms with Gasteiger partial charge in [0.15, 0.2) is 0 Å². The standard InChI is InChI=1S/C16H30N2O2/c1-16(2,3)20-15(19)18(13-9-6-5-7-10-13)14-11-8-12-17(14)4/h13-14H,5-12H2,1-4H3. The summed E-state index contributed by atoms with van der Waals surface area (Å²) in [6, 6.07) is 0.365. The largest absolute Gasteiger partial charge is 0.444 e. The molecule has 0 bridgehead atoms. The van der Waals surface area contributed by atoms with Crippen LogP contribution in [0.3, 0.4) is 0 Å². The van der Waals surface area contributed by atoms with E-state index in [-0.39, 0.29) is 12.3 Å². The van der Waals surface area contributed by atoms with Gasteiger partial charge in [-0.15, -0.1) is 0 Å². The summed E-state index contributed by atoms with van der Waals surface area (Å²) in [4.78, 5) is 17.0. The number of carbonyl (C=O) groups excluding carboxylic acids is 1. The van der Waals surface area contributed by atoms with Crippen LogP contribution in [0.25, 0.3) is 0 Å². The Balaban J connectivity index is 2.12. The molecule has 1 amide bonds. The molecule has 1 heterocycles. The molecule has 1 aliphatic carbocycles. The van der Waals surface area contributed by atoms with Gasteiger partial charge in [-0.3, -0.25) is 9.80 Å². The first-order valence-electron chi connectivity index (χ1n) is 8.10. The second-order valence-electron chi connectivity index (χ2n) is 7.28. The van der Waals surface area contributed by atoms with Crippen LogP contribution in [0.15, 0.2) is 0 Å². The van der Waals surface area contributed by atoms with E-state index < -0.39 is 5.60 Å². The molecule has 20 heavy (non-hydrogen) atoms. The summed E-state index contributed by atoms with van der Waals surface area (Å²) in [5.74, 6) is 0. The molecule has 1 aliphatic heterocycles. The fourth-order valence-corrected chi connectivity index (χ4v) is 3.43. The average molecular weight is 282 g/mol. The van der Waals surface area contributed by atoms with Gasteiger partial charge in [0.25, 0.3) is 0 Å². The minimum absolute atomic E-state index is 0.122. The van der Waals surface area contributed by atoms with Crippen LogP contribution in [0, 0.1) is 0 Å². The fraction of sp³-hybridized carbons (Fsp3) is 0.938. The van der Waals surface area contributed by atoms with E-state index in [1.807, 2.05) is 20.8 Å². The van der Waals surface area contributed by atoms with Gasteiger partial charge in [0.1, 0.15) is 5.60 Å². The lowest BCUT2D eigenvalue weighted by Crippen LogP contribution is -2.53. The Bertz CT molecular complexity index is 332. The molecular weight excluding hydrogens is 252 g/mol.